The fourth-order valence-electron chi connectivity index (χ4n) is 6.14. The first-order valence-corrected chi connectivity index (χ1v) is 14.7. The fraction of sp³-hybridized carbons (Fsp3) is 0.273. The zero-order valence-electron chi connectivity index (χ0n) is 23.3. The summed E-state index contributed by atoms with van der Waals surface area (Å²) in [5, 5.41) is 17.9. The van der Waals surface area contributed by atoms with E-state index in [1.165, 1.54) is 0 Å². The van der Waals surface area contributed by atoms with Crippen LogP contribution in [0.3, 0.4) is 0 Å². The number of nitrogens with zero attached hydrogens (tertiary/aromatic N) is 4. The molecule has 8 nitrogen and oxygen atoms in total. The second kappa shape index (κ2) is 11.8. The summed E-state index contributed by atoms with van der Waals surface area (Å²) in [5.74, 6) is -0.641. The number of halogens is 1. The molecule has 9 heteroatoms. The Morgan fingerprint density at radius 1 is 1.02 bits per heavy atom. The summed E-state index contributed by atoms with van der Waals surface area (Å²) in [6, 6.07) is 22.5. The van der Waals surface area contributed by atoms with Gasteiger partial charge in [0.2, 0.25) is 5.91 Å². The van der Waals surface area contributed by atoms with Gasteiger partial charge in [0.15, 0.2) is 0 Å². The van der Waals surface area contributed by atoms with Crippen molar-refractivity contribution >= 4 is 34.5 Å². The first kappa shape index (κ1) is 27.7. The number of hydrogen-bond donors (Lipinski definition) is 2. The van der Waals surface area contributed by atoms with Gasteiger partial charge < -0.3 is 15.0 Å². The minimum Gasteiger partial charge on any atom is -0.478 e. The number of carbonyl (C=O) groups excluding carboxylic acids is 1. The van der Waals surface area contributed by atoms with Crippen LogP contribution in [0.25, 0.3) is 33.7 Å². The minimum atomic E-state index is -1.13. The average molecular weight is 582 g/mol. The van der Waals surface area contributed by atoms with Crippen molar-refractivity contribution in [1.29, 1.82) is 0 Å². The fourth-order valence-corrected chi connectivity index (χ4v) is 6.38. The Balaban J connectivity index is 1.63. The van der Waals surface area contributed by atoms with Gasteiger partial charge in [0.25, 0.3) is 0 Å². The summed E-state index contributed by atoms with van der Waals surface area (Å²) in [7, 11) is 1.64. The quantitative estimate of drug-likeness (QED) is 0.209. The summed E-state index contributed by atoms with van der Waals surface area (Å²) in [6.07, 6.45) is 6.98. The van der Waals surface area contributed by atoms with Gasteiger partial charge in [0.1, 0.15) is 17.6 Å². The van der Waals surface area contributed by atoms with Gasteiger partial charge in [0, 0.05) is 18.8 Å². The standard InChI is InChI=1S/C33H32ClN5O3/c1-35-32(40)30(23-15-9-4-10-16-23)39-28-17-24(33(41)42)26(34)18-27(28)36-31(39)25-20-38(19-21-11-5-2-6-12-21)37-29(25)22-13-7-3-8-14-22/h2-3,5-8,11-14,17-18,20,23,30H,4,9-10,15-16,19H2,1H3,(H,35,40)(H,41,42)/t30-/m1/s1. The molecule has 6 rings (SSSR count). The molecule has 1 fully saturated rings. The average Bonchev–Trinajstić information content (AvgIpc) is 3.59. The first-order valence-electron chi connectivity index (χ1n) is 14.3. The van der Waals surface area contributed by atoms with E-state index in [0.717, 1.165) is 54.5 Å². The Morgan fingerprint density at radius 2 is 1.71 bits per heavy atom. The van der Waals surface area contributed by atoms with Gasteiger partial charge in [-0.25, -0.2) is 9.78 Å². The van der Waals surface area contributed by atoms with Gasteiger partial charge in [-0.3, -0.25) is 9.48 Å². The van der Waals surface area contributed by atoms with Crippen LogP contribution in [0.1, 0.15) is 54.1 Å². The van der Waals surface area contributed by atoms with E-state index < -0.39 is 12.0 Å². The molecular weight excluding hydrogens is 550 g/mol. The molecule has 42 heavy (non-hydrogen) atoms. The maximum Gasteiger partial charge on any atom is 0.337 e. The Kier molecular flexibility index (Phi) is 7.80. The third kappa shape index (κ3) is 5.30. The molecule has 1 atom stereocenters. The van der Waals surface area contributed by atoms with Crippen molar-refractivity contribution in [3.63, 3.8) is 0 Å². The Hall–Kier alpha value is -4.43. The van der Waals surface area contributed by atoms with Crippen LogP contribution in [0.5, 0.6) is 0 Å². The molecule has 3 aromatic carbocycles. The molecule has 1 aliphatic rings. The van der Waals surface area contributed by atoms with E-state index in [4.69, 9.17) is 21.7 Å². The van der Waals surface area contributed by atoms with E-state index in [9.17, 15) is 14.7 Å². The Bertz CT molecular complexity index is 1740. The lowest BCUT2D eigenvalue weighted by Gasteiger charge is -2.31. The second-order valence-corrected chi connectivity index (χ2v) is 11.2. The minimum absolute atomic E-state index is 0.0285. The van der Waals surface area contributed by atoms with Crippen molar-refractivity contribution < 1.29 is 14.7 Å². The van der Waals surface area contributed by atoms with E-state index in [2.05, 4.69) is 17.4 Å². The maximum atomic E-state index is 13.7. The monoisotopic (exact) mass is 581 g/mol. The normalized spacial score (nSPS) is 14.6. The van der Waals surface area contributed by atoms with Crippen LogP contribution >= 0.6 is 11.6 Å². The predicted molar refractivity (Wildman–Crippen MR) is 164 cm³/mol. The summed E-state index contributed by atoms with van der Waals surface area (Å²) < 4.78 is 3.82. The molecule has 0 radical (unpaired) electrons. The van der Waals surface area contributed by atoms with Gasteiger partial charge in [-0.1, -0.05) is 91.5 Å². The zero-order valence-corrected chi connectivity index (χ0v) is 24.1. The van der Waals surface area contributed by atoms with Crippen LogP contribution in [0.4, 0.5) is 0 Å². The lowest BCUT2D eigenvalue weighted by atomic mass is 9.83. The number of aromatic nitrogens is 4. The number of hydrogen-bond acceptors (Lipinski definition) is 4. The number of amides is 1. The highest BCUT2D eigenvalue weighted by molar-refractivity contribution is 6.34. The molecule has 0 aliphatic heterocycles. The number of carboxylic acids is 1. The van der Waals surface area contributed by atoms with E-state index >= 15 is 0 Å². The molecule has 2 aromatic heterocycles. The molecule has 1 saturated carbocycles. The number of fused-ring (bicyclic) bond motifs is 1. The Morgan fingerprint density at radius 3 is 2.38 bits per heavy atom. The first-order chi connectivity index (χ1) is 20.4. The molecule has 0 unspecified atom stereocenters. The van der Waals surface area contributed by atoms with Crippen molar-refractivity contribution in [3.05, 3.63) is 95.1 Å². The molecule has 5 aromatic rings. The summed E-state index contributed by atoms with van der Waals surface area (Å²) in [4.78, 5) is 30.9. The molecule has 0 bridgehead atoms. The maximum absolute atomic E-state index is 13.7. The highest BCUT2D eigenvalue weighted by Gasteiger charge is 2.35. The van der Waals surface area contributed by atoms with Crippen LogP contribution in [0.15, 0.2) is 79.0 Å². The van der Waals surface area contributed by atoms with Crippen molar-refractivity contribution in [2.75, 3.05) is 7.05 Å². The van der Waals surface area contributed by atoms with Crippen molar-refractivity contribution in [2.24, 2.45) is 5.92 Å². The number of carbonyl (C=O) groups is 2. The number of aromatic carboxylic acids is 1. The molecular formula is C33H32ClN5O3. The van der Waals surface area contributed by atoms with Crippen LogP contribution in [0.2, 0.25) is 5.02 Å². The van der Waals surface area contributed by atoms with Gasteiger partial charge >= 0.3 is 5.97 Å². The zero-order chi connectivity index (χ0) is 29.2. The topological polar surface area (TPSA) is 102 Å². The largest absolute Gasteiger partial charge is 0.478 e. The van der Waals surface area contributed by atoms with E-state index in [0.29, 0.717) is 23.4 Å². The molecule has 2 N–H and O–H groups in total. The third-order valence-corrected chi connectivity index (χ3v) is 8.45. The summed E-state index contributed by atoms with van der Waals surface area (Å²) in [6.45, 7) is 0.553. The Labute approximate surface area is 249 Å². The van der Waals surface area contributed by atoms with E-state index in [1.54, 1.807) is 19.2 Å². The van der Waals surface area contributed by atoms with E-state index in [1.807, 2.05) is 64.0 Å². The van der Waals surface area contributed by atoms with Crippen LogP contribution in [-0.2, 0) is 11.3 Å². The number of rotatable bonds is 8. The van der Waals surface area contributed by atoms with Gasteiger partial charge in [0.05, 0.1) is 33.7 Å². The number of likely N-dealkylation sites (N-methyl/N-ethyl adjacent to an activating group) is 1. The molecule has 0 saturated heterocycles. The number of carboxylic acid groups (broad SMARTS) is 1. The predicted octanol–water partition coefficient (Wildman–Crippen LogP) is 6.83. The highest BCUT2D eigenvalue weighted by Crippen LogP contribution is 2.41. The van der Waals surface area contributed by atoms with Gasteiger partial charge in [-0.05, 0) is 36.5 Å². The number of benzene rings is 3. The molecule has 2 heterocycles. The molecule has 1 amide bonds. The molecule has 214 valence electrons. The van der Waals surface area contributed by atoms with Crippen LogP contribution < -0.4 is 5.32 Å². The van der Waals surface area contributed by atoms with Gasteiger partial charge in [-0.2, -0.15) is 5.10 Å². The van der Waals surface area contributed by atoms with Crippen molar-refractivity contribution in [2.45, 2.75) is 44.7 Å². The van der Waals surface area contributed by atoms with Crippen LogP contribution in [-0.4, -0.2) is 43.4 Å². The van der Waals surface area contributed by atoms with Crippen molar-refractivity contribution in [3.8, 4) is 22.6 Å². The highest BCUT2D eigenvalue weighted by atomic mass is 35.5. The van der Waals surface area contributed by atoms with E-state index in [-0.39, 0.29) is 22.4 Å². The number of nitrogens with one attached hydrogen (secondary N) is 1. The lowest BCUT2D eigenvalue weighted by Crippen LogP contribution is -2.36. The van der Waals surface area contributed by atoms with Crippen LogP contribution in [0, 0.1) is 5.92 Å². The SMILES string of the molecule is CNC(=O)[C@@H](C1CCCCC1)n1c(-c2cn(Cc3ccccc3)nc2-c2ccccc2)nc2cc(Cl)c(C(=O)O)cc21. The second-order valence-electron chi connectivity index (χ2n) is 10.8. The molecule has 0 spiro atoms. The smallest absolute Gasteiger partial charge is 0.337 e. The lowest BCUT2D eigenvalue weighted by molar-refractivity contribution is -0.125. The number of imidazole rings is 1. The third-order valence-electron chi connectivity index (χ3n) is 8.14. The summed E-state index contributed by atoms with van der Waals surface area (Å²) >= 11 is 6.42. The van der Waals surface area contributed by atoms with Gasteiger partial charge in [-0.15, -0.1) is 0 Å². The van der Waals surface area contributed by atoms with Crippen molar-refractivity contribution in [1.82, 2.24) is 24.6 Å². The summed E-state index contributed by atoms with van der Waals surface area (Å²) in [5.41, 5.74) is 4.55. The molecule has 1 aliphatic carbocycles.